The van der Waals surface area contributed by atoms with Crippen molar-refractivity contribution < 1.29 is 14.2 Å². The molecule has 6 heteroatoms. The van der Waals surface area contributed by atoms with E-state index in [1.54, 1.807) is 14.2 Å². The van der Waals surface area contributed by atoms with Crippen LogP contribution in [0, 0.1) is 6.92 Å². The number of guanidine groups is 1. The molecule has 26 heavy (non-hydrogen) atoms. The Morgan fingerprint density at radius 2 is 2.15 bits per heavy atom. The van der Waals surface area contributed by atoms with Crippen LogP contribution in [0.3, 0.4) is 0 Å². The highest BCUT2D eigenvalue weighted by molar-refractivity contribution is 5.79. The topological polar surface area (TPSA) is 64.1 Å². The van der Waals surface area contributed by atoms with Crippen molar-refractivity contribution in [2.75, 3.05) is 33.9 Å². The van der Waals surface area contributed by atoms with Crippen LogP contribution in [0.2, 0.25) is 0 Å². The molecule has 0 saturated carbocycles. The Morgan fingerprint density at radius 3 is 2.81 bits per heavy atom. The van der Waals surface area contributed by atoms with Gasteiger partial charge in [0.2, 0.25) is 0 Å². The van der Waals surface area contributed by atoms with E-state index in [1.807, 2.05) is 13.8 Å². The number of rotatable bonds is 8. The van der Waals surface area contributed by atoms with E-state index in [2.05, 4.69) is 40.7 Å². The third kappa shape index (κ3) is 6.50. The Balaban J connectivity index is 1.92. The van der Waals surface area contributed by atoms with Crippen LogP contribution in [-0.2, 0) is 16.0 Å². The smallest absolute Gasteiger partial charge is 0.191 e. The predicted octanol–water partition coefficient (Wildman–Crippen LogP) is 2.64. The summed E-state index contributed by atoms with van der Waals surface area (Å²) >= 11 is 0. The van der Waals surface area contributed by atoms with E-state index in [0.29, 0.717) is 19.7 Å². The van der Waals surface area contributed by atoms with Gasteiger partial charge in [-0.25, -0.2) is 0 Å². The molecule has 2 N–H and O–H groups in total. The van der Waals surface area contributed by atoms with Crippen molar-refractivity contribution in [3.63, 3.8) is 0 Å². The Labute approximate surface area is 157 Å². The third-order valence-electron chi connectivity index (χ3n) is 4.58. The van der Waals surface area contributed by atoms with E-state index in [1.165, 1.54) is 5.56 Å². The van der Waals surface area contributed by atoms with Gasteiger partial charge < -0.3 is 24.8 Å². The summed E-state index contributed by atoms with van der Waals surface area (Å²) in [6.07, 6.45) is 2.41. The van der Waals surface area contributed by atoms with Crippen molar-refractivity contribution >= 4 is 5.96 Å². The second-order valence-electron chi connectivity index (χ2n) is 7.30. The quantitative estimate of drug-likeness (QED) is 0.549. The van der Waals surface area contributed by atoms with Crippen LogP contribution in [0.5, 0.6) is 5.75 Å². The fourth-order valence-corrected chi connectivity index (χ4v) is 2.67. The van der Waals surface area contributed by atoms with Gasteiger partial charge in [-0.05, 0) is 45.2 Å². The Bertz CT molecular complexity index is 596. The largest absolute Gasteiger partial charge is 0.491 e. The summed E-state index contributed by atoms with van der Waals surface area (Å²) in [5.74, 6) is 1.64. The zero-order chi connectivity index (χ0) is 19.0. The van der Waals surface area contributed by atoms with Gasteiger partial charge in [-0.3, -0.25) is 4.99 Å². The minimum Gasteiger partial charge on any atom is -0.491 e. The molecule has 0 amide bonds. The van der Waals surface area contributed by atoms with E-state index in [0.717, 1.165) is 36.7 Å². The third-order valence-corrected chi connectivity index (χ3v) is 4.58. The number of benzene rings is 1. The average Bonchev–Trinajstić information content (AvgIpc) is 3.15. The number of methoxy groups -OCH3 is 1. The van der Waals surface area contributed by atoms with Crippen LogP contribution in [0.15, 0.2) is 23.2 Å². The standard InChI is InChI=1S/C20H33N3O3/c1-15-8-9-16(18(11-15)26-13-17-7-6-10-25-17)12-22-19(21-4)23-14-20(2,3)24-5/h8-9,11,17H,6-7,10,12-14H2,1-5H3,(H2,21,22,23). The molecule has 0 bridgehead atoms. The molecule has 1 unspecified atom stereocenters. The first-order chi connectivity index (χ1) is 12.4. The molecule has 0 radical (unpaired) electrons. The lowest BCUT2D eigenvalue weighted by atomic mass is 10.1. The van der Waals surface area contributed by atoms with Crippen LogP contribution < -0.4 is 15.4 Å². The van der Waals surface area contributed by atoms with Crippen molar-refractivity contribution in [3.05, 3.63) is 29.3 Å². The van der Waals surface area contributed by atoms with Crippen molar-refractivity contribution in [3.8, 4) is 5.75 Å². The molecule has 1 aromatic carbocycles. The number of aliphatic imine (C=N–C) groups is 1. The molecule has 1 aliphatic heterocycles. The van der Waals surface area contributed by atoms with Crippen LogP contribution in [0.1, 0.15) is 37.8 Å². The molecule has 2 rings (SSSR count). The predicted molar refractivity (Wildman–Crippen MR) is 105 cm³/mol. The highest BCUT2D eigenvalue weighted by Gasteiger charge is 2.18. The van der Waals surface area contributed by atoms with Crippen molar-refractivity contribution in [1.29, 1.82) is 0 Å². The number of nitrogens with zero attached hydrogens (tertiary/aromatic N) is 1. The molecule has 0 spiro atoms. The van der Waals surface area contributed by atoms with Crippen LogP contribution in [0.25, 0.3) is 0 Å². The number of aryl methyl sites for hydroxylation is 1. The molecule has 1 atom stereocenters. The monoisotopic (exact) mass is 363 g/mol. The lowest BCUT2D eigenvalue weighted by Gasteiger charge is -2.24. The van der Waals surface area contributed by atoms with Crippen molar-refractivity contribution in [2.45, 2.75) is 51.9 Å². The molecule has 0 aliphatic carbocycles. The van der Waals surface area contributed by atoms with Gasteiger partial charge >= 0.3 is 0 Å². The molecular formula is C20H33N3O3. The second-order valence-corrected chi connectivity index (χ2v) is 7.30. The maximum atomic E-state index is 6.05. The van der Waals surface area contributed by atoms with Gasteiger partial charge in [0, 0.05) is 39.4 Å². The summed E-state index contributed by atoms with van der Waals surface area (Å²) in [6.45, 7) is 8.88. The molecule has 1 heterocycles. The summed E-state index contributed by atoms with van der Waals surface area (Å²) in [6, 6.07) is 6.27. The van der Waals surface area contributed by atoms with Gasteiger partial charge in [-0.15, -0.1) is 0 Å². The van der Waals surface area contributed by atoms with E-state index in [4.69, 9.17) is 14.2 Å². The lowest BCUT2D eigenvalue weighted by molar-refractivity contribution is 0.0268. The first kappa shape index (κ1) is 20.5. The van der Waals surface area contributed by atoms with Gasteiger partial charge in [0.1, 0.15) is 12.4 Å². The second kappa shape index (κ2) is 9.78. The average molecular weight is 364 g/mol. The molecule has 146 valence electrons. The lowest BCUT2D eigenvalue weighted by Crippen LogP contribution is -2.45. The first-order valence-electron chi connectivity index (χ1n) is 9.27. The number of ether oxygens (including phenoxy) is 3. The van der Waals surface area contributed by atoms with Gasteiger partial charge in [-0.2, -0.15) is 0 Å². The van der Waals surface area contributed by atoms with Crippen molar-refractivity contribution in [1.82, 2.24) is 10.6 Å². The summed E-state index contributed by atoms with van der Waals surface area (Å²) in [5, 5.41) is 6.63. The maximum Gasteiger partial charge on any atom is 0.191 e. The van der Waals surface area contributed by atoms with Crippen LogP contribution in [0.4, 0.5) is 0 Å². The van der Waals surface area contributed by atoms with E-state index < -0.39 is 0 Å². The fourth-order valence-electron chi connectivity index (χ4n) is 2.67. The highest BCUT2D eigenvalue weighted by Crippen LogP contribution is 2.22. The normalized spacial score (nSPS) is 18.0. The summed E-state index contributed by atoms with van der Waals surface area (Å²) in [7, 11) is 3.47. The van der Waals surface area contributed by atoms with Gasteiger partial charge in [0.05, 0.1) is 11.7 Å². The van der Waals surface area contributed by atoms with E-state index >= 15 is 0 Å². The minimum atomic E-state index is -0.253. The summed E-state index contributed by atoms with van der Waals surface area (Å²) in [5.41, 5.74) is 2.03. The van der Waals surface area contributed by atoms with Crippen LogP contribution >= 0.6 is 0 Å². The Kier molecular flexibility index (Phi) is 7.72. The maximum absolute atomic E-state index is 6.05. The van der Waals surface area contributed by atoms with Gasteiger partial charge in [0.15, 0.2) is 5.96 Å². The number of nitrogens with one attached hydrogen (secondary N) is 2. The SMILES string of the molecule is CN=C(NCc1ccc(C)cc1OCC1CCCO1)NCC(C)(C)OC. The molecule has 0 aromatic heterocycles. The molecule has 1 saturated heterocycles. The van der Waals surface area contributed by atoms with E-state index in [9.17, 15) is 0 Å². The first-order valence-corrected chi connectivity index (χ1v) is 9.27. The van der Waals surface area contributed by atoms with Crippen molar-refractivity contribution in [2.24, 2.45) is 4.99 Å². The zero-order valence-corrected chi connectivity index (χ0v) is 16.7. The highest BCUT2D eigenvalue weighted by atomic mass is 16.5. The molecule has 1 aliphatic rings. The molecule has 1 fully saturated rings. The summed E-state index contributed by atoms with van der Waals surface area (Å²) < 4.78 is 17.1. The van der Waals surface area contributed by atoms with Gasteiger partial charge in [0.25, 0.3) is 0 Å². The molecule has 1 aromatic rings. The zero-order valence-electron chi connectivity index (χ0n) is 16.7. The van der Waals surface area contributed by atoms with Crippen LogP contribution in [-0.4, -0.2) is 51.6 Å². The Hall–Kier alpha value is -1.79. The Morgan fingerprint density at radius 1 is 1.35 bits per heavy atom. The van der Waals surface area contributed by atoms with Gasteiger partial charge in [-0.1, -0.05) is 12.1 Å². The molecule has 6 nitrogen and oxygen atoms in total. The number of hydrogen-bond donors (Lipinski definition) is 2. The number of hydrogen-bond acceptors (Lipinski definition) is 4. The fraction of sp³-hybridized carbons (Fsp3) is 0.650. The minimum absolute atomic E-state index is 0.210. The summed E-state index contributed by atoms with van der Waals surface area (Å²) in [4.78, 5) is 4.27. The van der Waals surface area contributed by atoms with E-state index in [-0.39, 0.29) is 11.7 Å². The molecular weight excluding hydrogens is 330 g/mol.